The molecule has 0 saturated heterocycles. The molecule has 0 heterocycles. The molecule has 0 radical (unpaired) electrons. The lowest BCUT2D eigenvalue weighted by Gasteiger charge is -2.38. The van der Waals surface area contributed by atoms with Crippen molar-refractivity contribution in [3.63, 3.8) is 0 Å². The van der Waals surface area contributed by atoms with Crippen LogP contribution in [-0.4, -0.2) is 101 Å². The minimum Gasteiger partial charge on any atom is -0.454 e. The molecule has 0 rings (SSSR count). The Morgan fingerprint density at radius 1 is 0.944 bits per heavy atom. The van der Waals surface area contributed by atoms with Crippen molar-refractivity contribution in [3.8, 4) is 0 Å². The molecule has 10 nitrogen and oxygen atoms in total. The van der Waals surface area contributed by atoms with E-state index in [-0.39, 0.29) is 25.4 Å². The monoisotopic (exact) mass is 588 g/mol. The summed E-state index contributed by atoms with van der Waals surface area (Å²) in [5.74, 6) is -0.627. The van der Waals surface area contributed by atoms with Crippen LogP contribution in [-0.2, 0) is 36.1 Å². The maximum atomic E-state index is 12.2. The van der Waals surface area contributed by atoms with Crippen molar-refractivity contribution in [2.45, 2.75) is 71.3 Å². The Balaban J connectivity index is 4.91. The highest BCUT2D eigenvalue weighted by Crippen LogP contribution is 2.43. The third-order valence-corrected chi connectivity index (χ3v) is 14.9. The van der Waals surface area contributed by atoms with Crippen LogP contribution in [0.15, 0.2) is 12.2 Å². The molecule has 0 aliphatic rings. The number of likely N-dealkylation sites (N-methyl/N-ethyl adjacent to an activating group) is 1. The van der Waals surface area contributed by atoms with Crippen LogP contribution in [0.3, 0.4) is 0 Å². The van der Waals surface area contributed by atoms with Crippen LogP contribution in [0.2, 0.25) is 51.9 Å². The van der Waals surface area contributed by atoms with Crippen molar-refractivity contribution in [2.75, 3.05) is 54.1 Å². The van der Waals surface area contributed by atoms with E-state index < -0.39 is 45.1 Å². The van der Waals surface area contributed by atoms with Crippen molar-refractivity contribution in [1.29, 1.82) is 0 Å². The summed E-state index contributed by atoms with van der Waals surface area (Å²) in [7, 11) is -4.42. The smallest absolute Gasteiger partial charge is 0.454 e. The molecule has 0 amide bonds. The zero-order chi connectivity index (χ0) is 28.4. The van der Waals surface area contributed by atoms with Gasteiger partial charge in [0.1, 0.15) is 19.3 Å². The Kier molecular flexibility index (Phi) is 14.7. The third-order valence-electron chi connectivity index (χ3n) is 4.33. The zero-order valence-electron chi connectivity index (χ0n) is 24.3. The van der Waals surface area contributed by atoms with Crippen LogP contribution in [0.25, 0.3) is 0 Å². The van der Waals surface area contributed by atoms with Crippen molar-refractivity contribution in [1.82, 2.24) is 0 Å². The second-order valence-electron chi connectivity index (χ2n) is 12.2. The van der Waals surface area contributed by atoms with E-state index in [2.05, 4.69) is 52.4 Å². The summed E-state index contributed by atoms with van der Waals surface area (Å²) in [6.07, 6.45) is -0.177. The van der Waals surface area contributed by atoms with Crippen molar-refractivity contribution < 1.29 is 45.5 Å². The average molecular weight is 589 g/mol. The van der Waals surface area contributed by atoms with Gasteiger partial charge in [-0.05, 0) is 65.2 Å². The average Bonchev–Trinajstić information content (AvgIpc) is 2.60. The quantitative estimate of drug-likeness (QED) is 0.0583. The first-order valence-corrected chi connectivity index (χ1v) is 23.1. The van der Waals surface area contributed by atoms with E-state index in [1.165, 1.54) is 6.92 Å². The van der Waals surface area contributed by atoms with Crippen LogP contribution in [0, 0.1) is 0 Å². The van der Waals surface area contributed by atoms with Crippen LogP contribution in [0.4, 0.5) is 0 Å². The molecule has 1 N–H and O–H groups in total. The summed E-state index contributed by atoms with van der Waals surface area (Å²) in [6.45, 7) is 20.8. The number of ether oxygens (including phenoxy) is 2. The van der Waals surface area contributed by atoms with Gasteiger partial charge in [-0.15, -0.1) is 0 Å². The van der Waals surface area contributed by atoms with Gasteiger partial charge in [-0.2, -0.15) is 0 Å². The molecule has 0 fully saturated rings. The predicted molar refractivity (Wildman–Crippen MR) is 150 cm³/mol. The van der Waals surface area contributed by atoms with E-state index in [4.69, 9.17) is 26.8 Å². The van der Waals surface area contributed by atoms with Gasteiger partial charge < -0.3 is 27.1 Å². The van der Waals surface area contributed by atoms with Gasteiger partial charge in [0.25, 0.3) is 0 Å². The fourth-order valence-corrected chi connectivity index (χ4v) is 16.4. The summed E-state index contributed by atoms with van der Waals surface area (Å²) in [4.78, 5) is 22.0. The molecule has 0 aromatic carbocycles. The number of nitrogens with zero attached hydrogens (tertiary/aromatic N) is 1. The third kappa shape index (κ3) is 19.9. The molecule has 14 heteroatoms. The van der Waals surface area contributed by atoms with E-state index >= 15 is 0 Å². The fraction of sp³-hybridized carbons (Fsp3) is 0.864. The Hall–Kier alpha value is -0.189. The predicted octanol–water partition coefficient (Wildman–Crippen LogP) is 4.50. The topological polar surface area (TPSA) is 110 Å². The number of quaternary nitrogens is 1. The highest BCUT2D eigenvalue weighted by molar-refractivity contribution is 7.47. The Morgan fingerprint density at radius 2 is 1.47 bits per heavy atom. The number of carbonyl (C=O) groups is 1. The summed E-state index contributed by atoms with van der Waals surface area (Å²) in [5, 5.41) is 0. The lowest BCUT2D eigenvalue weighted by atomic mass is 10.3. The van der Waals surface area contributed by atoms with Gasteiger partial charge in [0.15, 0.2) is 16.6 Å². The molecule has 0 aromatic rings. The van der Waals surface area contributed by atoms with Gasteiger partial charge in [0.05, 0.1) is 34.4 Å². The first kappa shape index (κ1) is 35.8. The number of hydrogen-bond donors (Lipinski definition) is 1. The largest absolute Gasteiger partial charge is 0.472 e. The summed E-state index contributed by atoms with van der Waals surface area (Å²) < 4.78 is 47.0. The first-order valence-electron chi connectivity index (χ1n) is 12.3. The van der Waals surface area contributed by atoms with Crippen LogP contribution in [0.5, 0.6) is 0 Å². The van der Waals surface area contributed by atoms with E-state index in [1.807, 2.05) is 21.1 Å². The molecule has 0 aliphatic carbocycles. The Bertz CT molecular complexity index is 733. The van der Waals surface area contributed by atoms with Crippen LogP contribution >= 0.6 is 7.82 Å². The van der Waals surface area contributed by atoms with E-state index in [0.29, 0.717) is 24.1 Å². The van der Waals surface area contributed by atoms with Crippen molar-refractivity contribution >= 4 is 39.0 Å². The summed E-state index contributed by atoms with van der Waals surface area (Å²) >= 11 is 0. The highest BCUT2D eigenvalue weighted by Gasteiger charge is 2.39. The Morgan fingerprint density at radius 3 is 1.92 bits per heavy atom. The second-order valence-corrected chi connectivity index (χ2v) is 26.5. The van der Waals surface area contributed by atoms with Gasteiger partial charge in [-0.1, -0.05) is 6.58 Å². The lowest BCUT2D eigenvalue weighted by molar-refractivity contribution is -0.870. The molecular weight excluding hydrogens is 537 g/mol. The number of rotatable bonds is 19. The lowest BCUT2D eigenvalue weighted by Crippen LogP contribution is -2.52. The maximum absolute atomic E-state index is 12.2. The number of esters is 1. The maximum Gasteiger partial charge on any atom is 0.472 e. The molecule has 36 heavy (non-hydrogen) atoms. The normalized spacial score (nSPS) is 15.9. The van der Waals surface area contributed by atoms with Crippen LogP contribution < -0.4 is 0 Å². The SMILES string of the molecule is C=C(C)C(=O)OC(COCCC[Si](C)(O[Si](C)(C)C)O[Si](C)(C)C)COP(=O)(O)OCC[N+](C)(C)C. The summed E-state index contributed by atoms with van der Waals surface area (Å²) in [6, 6.07) is 0.778. The first-order chi connectivity index (χ1) is 16.0. The van der Waals surface area contributed by atoms with E-state index in [9.17, 15) is 14.3 Å². The van der Waals surface area contributed by atoms with Crippen LogP contribution in [0.1, 0.15) is 13.3 Å². The number of carbonyl (C=O) groups excluding carboxylic acids is 1. The minimum atomic E-state index is -4.31. The van der Waals surface area contributed by atoms with E-state index in [0.717, 1.165) is 6.04 Å². The number of hydrogen-bond acceptors (Lipinski definition) is 8. The molecule has 0 bridgehead atoms. The van der Waals surface area contributed by atoms with Gasteiger partial charge in [0, 0.05) is 12.2 Å². The van der Waals surface area contributed by atoms with Gasteiger partial charge in [-0.3, -0.25) is 9.05 Å². The molecule has 0 aromatic heterocycles. The van der Waals surface area contributed by atoms with E-state index in [1.54, 1.807) is 0 Å². The summed E-state index contributed by atoms with van der Waals surface area (Å²) in [5.41, 5.74) is 0.208. The molecule has 0 saturated carbocycles. The Labute approximate surface area is 222 Å². The number of phosphoric acid groups is 1. The van der Waals surface area contributed by atoms with Crippen molar-refractivity contribution in [3.05, 3.63) is 12.2 Å². The molecule has 0 aliphatic heterocycles. The number of phosphoric ester groups is 1. The fourth-order valence-electron chi connectivity index (χ4n) is 3.14. The van der Waals surface area contributed by atoms with Gasteiger partial charge >= 0.3 is 22.4 Å². The van der Waals surface area contributed by atoms with Gasteiger partial charge in [-0.25, -0.2) is 9.36 Å². The van der Waals surface area contributed by atoms with Crippen molar-refractivity contribution in [2.24, 2.45) is 0 Å². The second kappa shape index (κ2) is 14.8. The minimum absolute atomic E-state index is 0.0000736. The molecule has 2 unspecified atom stereocenters. The standard InChI is InChI=1S/C22H50NO9PSi3/c1-20(2)22(24)30-21(19-29-33(25,26)28-16-14-23(3,4)5)18-27-15-13-17-36(12,31-34(6,7)8)32-35(9,10)11/h21H,1,13-19H2,2-12H3/p+1. The molecule has 214 valence electrons. The molecule has 2 atom stereocenters. The molecule has 0 spiro atoms. The highest BCUT2D eigenvalue weighted by atomic mass is 31.2. The molecular formula is C22H51NO9PSi3+. The van der Waals surface area contributed by atoms with Gasteiger partial charge in [0.2, 0.25) is 0 Å². The zero-order valence-corrected chi connectivity index (χ0v) is 28.2.